The predicted molar refractivity (Wildman–Crippen MR) is 110 cm³/mol. The van der Waals surface area contributed by atoms with Crippen molar-refractivity contribution in [2.24, 2.45) is 5.92 Å². The molecule has 0 bridgehead atoms. The van der Waals surface area contributed by atoms with Gasteiger partial charge in [0.1, 0.15) is 5.69 Å². The maximum atomic E-state index is 11.7. The number of carbonyl (C=O) groups is 2. The van der Waals surface area contributed by atoms with Gasteiger partial charge in [0.05, 0.1) is 13.3 Å². The summed E-state index contributed by atoms with van der Waals surface area (Å²) in [5, 5.41) is 16.0. The molecule has 1 saturated heterocycles. The molecule has 2 aromatic heterocycles. The first kappa shape index (κ1) is 23.3. The van der Waals surface area contributed by atoms with E-state index in [-0.39, 0.29) is 5.97 Å². The number of alkyl halides is 3. The number of benzene rings is 1. The third kappa shape index (κ3) is 5.88. The number of esters is 1. The summed E-state index contributed by atoms with van der Waals surface area (Å²) in [6, 6.07) is 7.93. The number of aliphatic carboxylic acids is 1. The Morgan fingerprint density at radius 1 is 1.22 bits per heavy atom. The first-order chi connectivity index (χ1) is 15.2. The quantitative estimate of drug-likeness (QED) is 0.523. The van der Waals surface area contributed by atoms with Crippen molar-refractivity contribution in [3.05, 3.63) is 42.4 Å². The highest BCUT2D eigenvalue weighted by Gasteiger charge is 2.38. The van der Waals surface area contributed by atoms with Crippen LogP contribution in [0.2, 0.25) is 0 Å². The lowest BCUT2D eigenvalue weighted by molar-refractivity contribution is -0.192. The van der Waals surface area contributed by atoms with Gasteiger partial charge in [-0.1, -0.05) is 12.1 Å². The van der Waals surface area contributed by atoms with E-state index in [4.69, 9.17) is 14.6 Å². The fourth-order valence-electron chi connectivity index (χ4n) is 3.47. The summed E-state index contributed by atoms with van der Waals surface area (Å²) < 4.78 is 38.6. The van der Waals surface area contributed by atoms with Crippen molar-refractivity contribution >= 4 is 22.8 Å². The predicted octanol–water partition coefficient (Wildman–Crippen LogP) is 3.45. The first-order valence-electron chi connectivity index (χ1n) is 9.92. The van der Waals surface area contributed by atoms with Crippen molar-refractivity contribution in [2.75, 3.05) is 20.2 Å². The average molecular weight is 452 g/mol. The first-order valence-corrected chi connectivity index (χ1v) is 9.92. The highest BCUT2D eigenvalue weighted by atomic mass is 19.4. The number of carboxylic acid groups (broad SMARTS) is 1. The van der Waals surface area contributed by atoms with Gasteiger partial charge in [-0.3, -0.25) is 4.68 Å². The normalized spacial score (nSPS) is 14.6. The van der Waals surface area contributed by atoms with Gasteiger partial charge in [0.15, 0.2) is 0 Å². The Hall–Kier alpha value is -3.34. The van der Waals surface area contributed by atoms with Crippen LogP contribution in [-0.2, 0) is 16.1 Å². The second kappa shape index (κ2) is 9.86. The fourth-order valence-corrected chi connectivity index (χ4v) is 3.47. The second-order valence-corrected chi connectivity index (χ2v) is 7.42. The lowest BCUT2D eigenvalue weighted by Crippen LogP contribution is -2.29. The smallest absolute Gasteiger partial charge is 0.475 e. The van der Waals surface area contributed by atoms with Crippen molar-refractivity contribution in [1.82, 2.24) is 20.1 Å². The summed E-state index contributed by atoms with van der Waals surface area (Å²) >= 11 is 0. The summed E-state index contributed by atoms with van der Waals surface area (Å²) in [6.07, 6.45) is 1.35. The molecule has 1 aliphatic heterocycles. The third-order valence-electron chi connectivity index (χ3n) is 5.14. The molecular weight excluding hydrogens is 429 g/mol. The molecule has 0 amide bonds. The van der Waals surface area contributed by atoms with Gasteiger partial charge in [0, 0.05) is 29.2 Å². The number of aromatic amines is 1. The average Bonchev–Trinajstić information content (AvgIpc) is 3.40. The molecule has 11 heteroatoms. The molecule has 1 aliphatic rings. The number of nitrogens with zero attached hydrogens (tertiary/aromatic N) is 2. The van der Waals surface area contributed by atoms with E-state index < -0.39 is 12.1 Å². The van der Waals surface area contributed by atoms with E-state index in [1.54, 1.807) is 0 Å². The Bertz CT molecular complexity index is 1080. The molecule has 0 aliphatic carbocycles. The Balaban J connectivity index is 0.000000360. The number of ether oxygens (including phenoxy) is 1. The lowest BCUT2D eigenvalue weighted by atomic mass is 9.98. The topological polar surface area (TPSA) is 109 Å². The van der Waals surface area contributed by atoms with E-state index in [0.717, 1.165) is 41.7 Å². The Morgan fingerprint density at radius 2 is 1.91 bits per heavy atom. The van der Waals surface area contributed by atoms with Crippen molar-refractivity contribution in [3.63, 3.8) is 0 Å². The number of aromatic nitrogens is 3. The minimum absolute atomic E-state index is 0.354. The van der Waals surface area contributed by atoms with Crippen LogP contribution in [0.5, 0.6) is 0 Å². The van der Waals surface area contributed by atoms with E-state index >= 15 is 0 Å². The highest BCUT2D eigenvalue weighted by molar-refractivity contribution is 5.95. The molecule has 32 heavy (non-hydrogen) atoms. The molecule has 1 aromatic carbocycles. The van der Waals surface area contributed by atoms with Crippen LogP contribution in [0, 0.1) is 5.92 Å². The standard InChI is InChI=1S/C19H22N4O2.C2HF3O2/c1-25-19(24)18-9-15-3-2-14(8-17(15)22-18)16-10-21-23(12-16)11-13-4-6-20-7-5-13;3-2(4,5)1(6)7/h2-3,8-10,12-13,20,22H,4-7,11H2,1H3;(H,6,7). The van der Waals surface area contributed by atoms with Crippen molar-refractivity contribution < 1.29 is 32.6 Å². The lowest BCUT2D eigenvalue weighted by Gasteiger charge is -2.22. The van der Waals surface area contributed by atoms with Gasteiger partial charge in [-0.25, -0.2) is 9.59 Å². The van der Waals surface area contributed by atoms with Gasteiger partial charge >= 0.3 is 18.1 Å². The summed E-state index contributed by atoms with van der Waals surface area (Å²) in [6.45, 7) is 3.18. The van der Waals surface area contributed by atoms with Crippen LogP contribution in [-0.4, -0.2) is 58.2 Å². The van der Waals surface area contributed by atoms with Crippen LogP contribution in [0.3, 0.4) is 0 Å². The zero-order valence-electron chi connectivity index (χ0n) is 17.3. The van der Waals surface area contributed by atoms with Gasteiger partial charge in [0.25, 0.3) is 0 Å². The van der Waals surface area contributed by atoms with Crippen molar-refractivity contribution in [1.29, 1.82) is 0 Å². The van der Waals surface area contributed by atoms with Gasteiger partial charge in [-0.2, -0.15) is 18.3 Å². The van der Waals surface area contributed by atoms with Crippen LogP contribution >= 0.6 is 0 Å². The van der Waals surface area contributed by atoms with Gasteiger partial charge < -0.3 is 20.1 Å². The molecule has 3 heterocycles. The minimum atomic E-state index is -5.08. The number of carbonyl (C=O) groups excluding carboxylic acids is 1. The van der Waals surface area contributed by atoms with E-state index in [1.165, 1.54) is 20.0 Å². The van der Waals surface area contributed by atoms with E-state index in [9.17, 15) is 18.0 Å². The van der Waals surface area contributed by atoms with Gasteiger partial charge in [0.2, 0.25) is 0 Å². The number of carboxylic acids is 1. The van der Waals surface area contributed by atoms with Crippen LogP contribution in [0.4, 0.5) is 13.2 Å². The largest absolute Gasteiger partial charge is 0.490 e. The molecule has 0 unspecified atom stereocenters. The number of rotatable bonds is 4. The number of halogens is 3. The zero-order chi connectivity index (χ0) is 23.3. The SMILES string of the molecule is COC(=O)c1cc2ccc(-c3cnn(CC4CCNCC4)c3)cc2[nH]1.O=C(O)C(F)(F)F. The summed E-state index contributed by atoms with van der Waals surface area (Å²) in [5.74, 6) is -2.41. The summed E-state index contributed by atoms with van der Waals surface area (Å²) in [7, 11) is 1.38. The van der Waals surface area contributed by atoms with Crippen molar-refractivity contribution in [2.45, 2.75) is 25.6 Å². The van der Waals surface area contributed by atoms with Gasteiger partial charge in [-0.05, 0) is 49.5 Å². The van der Waals surface area contributed by atoms with E-state index in [1.807, 2.05) is 29.1 Å². The van der Waals surface area contributed by atoms with Crippen LogP contribution in [0.1, 0.15) is 23.3 Å². The molecule has 8 nitrogen and oxygen atoms in total. The highest BCUT2D eigenvalue weighted by Crippen LogP contribution is 2.25. The van der Waals surface area contributed by atoms with Crippen LogP contribution in [0.25, 0.3) is 22.0 Å². The maximum Gasteiger partial charge on any atom is 0.490 e. The minimum Gasteiger partial charge on any atom is -0.475 e. The number of hydrogen-bond donors (Lipinski definition) is 3. The monoisotopic (exact) mass is 452 g/mol. The number of H-pyrrole nitrogens is 1. The number of hydrogen-bond acceptors (Lipinski definition) is 5. The Labute approximate surface area is 181 Å². The number of piperidine rings is 1. The maximum absolute atomic E-state index is 11.7. The number of methoxy groups -OCH3 is 1. The molecule has 1 fully saturated rings. The van der Waals surface area contributed by atoms with Crippen molar-refractivity contribution in [3.8, 4) is 11.1 Å². The molecule has 0 atom stereocenters. The third-order valence-corrected chi connectivity index (χ3v) is 5.14. The second-order valence-electron chi connectivity index (χ2n) is 7.42. The van der Waals surface area contributed by atoms with Gasteiger partial charge in [-0.15, -0.1) is 0 Å². The molecule has 0 radical (unpaired) electrons. The zero-order valence-corrected chi connectivity index (χ0v) is 17.3. The Kier molecular flexibility index (Phi) is 7.18. The molecular formula is C21H23F3N4O4. The van der Waals surface area contributed by atoms with Crippen LogP contribution in [0.15, 0.2) is 36.7 Å². The van der Waals surface area contributed by atoms with Crippen LogP contribution < -0.4 is 5.32 Å². The molecule has 0 saturated carbocycles. The molecule has 4 rings (SSSR count). The number of fused-ring (bicyclic) bond motifs is 1. The molecule has 3 aromatic rings. The number of nitrogens with one attached hydrogen (secondary N) is 2. The molecule has 0 spiro atoms. The Morgan fingerprint density at radius 3 is 2.53 bits per heavy atom. The fraction of sp³-hybridized carbons (Fsp3) is 0.381. The summed E-state index contributed by atoms with van der Waals surface area (Å²) in [5.41, 5.74) is 3.56. The molecule has 3 N–H and O–H groups in total. The molecule has 172 valence electrons. The summed E-state index contributed by atoms with van der Waals surface area (Å²) in [4.78, 5) is 23.7. The van der Waals surface area contributed by atoms with E-state index in [0.29, 0.717) is 11.6 Å². The van der Waals surface area contributed by atoms with E-state index in [2.05, 4.69) is 27.7 Å².